The minimum Gasteiger partial charge on any atom is -0.481 e. The van der Waals surface area contributed by atoms with Gasteiger partial charge in [-0.1, -0.05) is 248 Å². The van der Waals surface area contributed by atoms with Crippen LogP contribution in [0, 0.1) is 5.41 Å². The van der Waals surface area contributed by atoms with Crippen LogP contribution in [0.2, 0.25) is 0 Å². The number of β-lactam (4-membered cyclic amide) rings is 1. The number of carbonyl (C=O) groups is 4. The number of oxime groups is 1. The first-order chi connectivity index (χ1) is 41.1. The summed E-state index contributed by atoms with van der Waals surface area (Å²) >= 11 is 2.50. The number of carbonyl (C=O) groups excluding carboxylic acids is 3. The second-order valence-electron chi connectivity index (χ2n) is 20.6. The van der Waals surface area contributed by atoms with Gasteiger partial charge in [-0.2, -0.15) is 0 Å². The summed E-state index contributed by atoms with van der Waals surface area (Å²) in [5, 5.41) is 33.4. The van der Waals surface area contributed by atoms with Gasteiger partial charge in [-0.05, 0) is 27.8 Å². The summed E-state index contributed by atoms with van der Waals surface area (Å²) in [5.41, 5.74) is 2.20. The fourth-order valence-corrected chi connectivity index (χ4v) is 14.1. The van der Waals surface area contributed by atoms with Crippen LogP contribution in [0.4, 0.5) is 9.93 Å². The van der Waals surface area contributed by atoms with Crippen LogP contribution in [-0.2, 0) is 35.1 Å². The molecule has 3 amide bonds. The topological polar surface area (TPSA) is 183 Å². The SMILES string of the molecule is CN(CCO)C(=O)OCC1(C(=O)O)CN2C(=O)C(NC(=O)C(=NOC(c3ccccc3)(c3ccccc3)c3ccccc3)c3csc(NC(c4ccccc4)(c4ccccc4)c4ccccc4)n3)[C@H]2SC1C(c1ccccc1)c1ccccc1. The van der Waals surface area contributed by atoms with Crippen LogP contribution >= 0.6 is 23.1 Å². The summed E-state index contributed by atoms with van der Waals surface area (Å²) in [6.45, 7) is -1.33. The minimum absolute atomic E-state index is 0.0432. The Labute approximate surface area is 495 Å². The zero-order valence-electron chi connectivity index (χ0n) is 45.8. The van der Waals surface area contributed by atoms with Gasteiger partial charge in [0.2, 0.25) is 11.5 Å². The van der Waals surface area contributed by atoms with Crippen molar-refractivity contribution in [2.45, 2.75) is 33.7 Å². The number of carboxylic acids is 1. The van der Waals surface area contributed by atoms with Crippen LogP contribution in [0.15, 0.2) is 253 Å². The molecule has 14 nitrogen and oxygen atoms in total. The molecule has 0 aliphatic carbocycles. The fourth-order valence-electron chi connectivity index (χ4n) is 11.4. The first-order valence-electron chi connectivity index (χ1n) is 27.5. The van der Waals surface area contributed by atoms with Gasteiger partial charge in [0, 0.05) is 53.4 Å². The van der Waals surface area contributed by atoms with Gasteiger partial charge in [0.1, 0.15) is 34.7 Å². The van der Waals surface area contributed by atoms with E-state index in [1.54, 1.807) is 5.38 Å². The van der Waals surface area contributed by atoms with Gasteiger partial charge in [-0.25, -0.2) is 9.78 Å². The number of hydrogen-bond donors (Lipinski definition) is 4. The van der Waals surface area contributed by atoms with Gasteiger partial charge < -0.3 is 40.2 Å². The van der Waals surface area contributed by atoms with Gasteiger partial charge in [-0.3, -0.25) is 14.4 Å². The van der Waals surface area contributed by atoms with Crippen molar-refractivity contribution in [1.82, 2.24) is 20.1 Å². The second-order valence-corrected chi connectivity index (χ2v) is 22.8. The van der Waals surface area contributed by atoms with E-state index in [-0.39, 0.29) is 31.1 Å². The number of nitrogens with zero attached hydrogens (tertiary/aromatic N) is 4. The lowest BCUT2D eigenvalue weighted by molar-refractivity contribution is -0.163. The average Bonchev–Trinajstić information content (AvgIpc) is 1.14. The molecule has 422 valence electrons. The van der Waals surface area contributed by atoms with E-state index in [1.165, 1.54) is 35.0 Å². The molecule has 2 aliphatic heterocycles. The largest absolute Gasteiger partial charge is 0.481 e. The van der Waals surface area contributed by atoms with Crippen molar-refractivity contribution in [1.29, 1.82) is 0 Å². The maximum atomic E-state index is 15.7. The third kappa shape index (κ3) is 10.9. The smallest absolute Gasteiger partial charge is 0.409 e. The Hall–Kier alpha value is -9.35. The number of carboxylic acid groups (broad SMARTS) is 1. The zero-order chi connectivity index (χ0) is 58.1. The fraction of sp³-hybridized carbons (Fsp3) is 0.176. The van der Waals surface area contributed by atoms with Crippen molar-refractivity contribution in [3.05, 3.63) is 298 Å². The van der Waals surface area contributed by atoms with E-state index in [0.29, 0.717) is 5.13 Å². The van der Waals surface area contributed by atoms with E-state index in [4.69, 9.17) is 19.7 Å². The van der Waals surface area contributed by atoms with Crippen LogP contribution in [0.5, 0.6) is 0 Å². The molecular formula is C68H60N6O8S2. The summed E-state index contributed by atoms with van der Waals surface area (Å²) in [6, 6.07) is 76.9. The molecule has 0 spiro atoms. The number of anilines is 1. The highest BCUT2D eigenvalue weighted by Gasteiger charge is 2.64. The summed E-state index contributed by atoms with van der Waals surface area (Å²) in [6.07, 6.45) is -0.831. The zero-order valence-corrected chi connectivity index (χ0v) is 47.4. The Balaban J connectivity index is 1.02. The molecule has 3 heterocycles. The van der Waals surface area contributed by atoms with Crippen molar-refractivity contribution >= 4 is 57.8 Å². The number of aliphatic carboxylic acids is 1. The molecule has 3 unspecified atom stereocenters. The van der Waals surface area contributed by atoms with Gasteiger partial charge >= 0.3 is 12.1 Å². The Morgan fingerprint density at radius 2 is 1.11 bits per heavy atom. The molecule has 0 saturated carbocycles. The van der Waals surface area contributed by atoms with E-state index in [0.717, 1.165) is 49.4 Å². The number of fused-ring (bicyclic) bond motifs is 1. The van der Waals surface area contributed by atoms with Crippen LogP contribution < -0.4 is 10.6 Å². The Bertz CT molecular complexity index is 3490. The summed E-state index contributed by atoms with van der Waals surface area (Å²) < 4.78 is 5.82. The lowest BCUT2D eigenvalue weighted by Gasteiger charge is -2.57. The van der Waals surface area contributed by atoms with Crippen LogP contribution in [-0.4, -0.2) is 105 Å². The number of likely N-dealkylation sites (N-methyl/N-ethyl adjacent to an activating group) is 1. The minimum atomic E-state index is -1.87. The lowest BCUT2D eigenvalue weighted by atomic mass is 9.73. The average molecular weight is 1150 g/mol. The highest BCUT2D eigenvalue weighted by atomic mass is 32.2. The molecule has 8 aromatic carbocycles. The normalized spacial score (nSPS) is 17.8. The molecule has 9 aromatic rings. The van der Waals surface area contributed by atoms with Gasteiger partial charge in [-0.15, -0.1) is 23.1 Å². The highest BCUT2D eigenvalue weighted by Crippen LogP contribution is 2.54. The molecule has 4 atom stereocenters. The van der Waals surface area contributed by atoms with Crippen molar-refractivity contribution in [3.63, 3.8) is 0 Å². The van der Waals surface area contributed by atoms with Gasteiger partial charge in [0.15, 0.2) is 10.8 Å². The monoisotopic (exact) mass is 1150 g/mol. The maximum Gasteiger partial charge on any atom is 0.409 e. The number of amides is 3. The van der Waals surface area contributed by atoms with E-state index >= 15 is 4.79 Å². The Morgan fingerprint density at radius 3 is 1.54 bits per heavy atom. The molecule has 4 N–H and O–H groups in total. The Kier molecular flexibility index (Phi) is 16.8. The van der Waals surface area contributed by atoms with Crippen LogP contribution in [0.1, 0.15) is 56.1 Å². The van der Waals surface area contributed by atoms with E-state index < -0.39 is 69.6 Å². The predicted octanol–water partition coefficient (Wildman–Crippen LogP) is 11.0. The van der Waals surface area contributed by atoms with Crippen LogP contribution in [0.25, 0.3) is 0 Å². The maximum absolute atomic E-state index is 15.7. The van der Waals surface area contributed by atoms with Crippen molar-refractivity contribution in [3.8, 4) is 0 Å². The van der Waals surface area contributed by atoms with Crippen molar-refractivity contribution in [2.24, 2.45) is 10.6 Å². The summed E-state index contributed by atoms with van der Waals surface area (Å²) in [5.74, 6) is -3.21. The highest BCUT2D eigenvalue weighted by molar-refractivity contribution is 8.00. The molecule has 2 fully saturated rings. The number of aliphatic hydroxyl groups is 1. The van der Waals surface area contributed by atoms with Gasteiger partial charge in [0.25, 0.3) is 5.91 Å². The van der Waals surface area contributed by atoms with Gasteiger partial charge in [0.05, 0.1) is 6.61 Å². The Morgan fingerprint density at radius 1 is 0.679 bits per heavy atom. The molecule has 2 aliphatic rings. The molecule has 16 heteroatoms. The molecule has 0 radical (unpaired) electrons. The number of benzene rings is 8. The standard InChI is InChI=1S/C68H60N6O8S2/c1-73(42-43-75)65(80)81-46-66(63(78)79)45-74-61(77)58(62(74)84-59(66)56(47-26-10-2-11-27-47)48-28-12-3-13-29-48)70-60(76)57(72-82-68(52-36-20-7-21-37-52,53-38-22-8-23-39-53)54-40-24-9-25-41-54)55-44-83-64(69-55)71-67(49-30-14-4-15-31-49,50-32-16-5-17-33-50)51-34-18-6-19-35-51/h2-41,44,56,58-59,62,75H,42-43,45-46H2,1H3,(H,69,71)(H,70,76)(H,78,79)/t58?,59?,62-,66?/m1/s1. The number of hydrogen-bond acceptors (Lipinski definition) is 12. The molecule has 1 aromatic heterocycles. The third-order valence-corrected chi connectivity index (χ3v) is 18.2. The molecular weight excluding hydrogens is 1090 g/mol. The molecule has 11 rings (SSSR count). The third-order valence-electron chi connectivity index (χ3n) is 15.6. The summed E-state index contributed by atoms with van der Waals surface area (Å²) in [4.78, 5) is 72.9. The quantitative estimate of drug-likeness (QED) is 0.0232. The van der Waals surface area contributed by atoms with E-state index in [9.17, 15) is 24.6 Å². The number of ether oxygens (including phenoxy) is 1. The summed E-state index contributed by atoms with van der Waals surface area (Å²) in [7, 11) is 1.45. The van der Waals surface area contributed by atoms with E-state index in [2.05, 4.69) is 47.0 Å². The molecule has 84 heavy (non-hydrogen) atoms. The molecule has 2 saturated heterocycles. The molecule has 0 bridgehead atoms. The second kappa shape index (κ2) is 25.0. The predicted molar refractivity (Wildman–Crippen MR) is 326 cm³/mol. The number of rotatable bonds is 21. The van der Waals surface area contributed by atoms with Crippen molar-refractivity contribution in [2.75, 3.05) is 38.7 Å². The number of aliphatic hydroxyl groups excluding tert-OH is 1. The number of thiazole rings is 1. The first-order valence-corrected chi connectivity index (χ1v) is 29.3. The number of nitrogens with one attached hydrogen (secondary N) is 2. The number of thioether (sulfide) groups is 1. The lowest BCUT2D eigenvalue weighted by Crippen LogP contribution is -2.76. The first kappa shape index (κ1) is 56.5. The van der Waals surface area contributed by atoms with Crippen molar-refractivity contribution < 1.29 is 39.0 Å². The van der Waals surface area contributed by atoms with Crippen LogP contribution in [0.3, 0.4) is 0 Å². The number of aromatic nitrogens is 1. The van der Waals surface area contributed by atoms with E-state index in [1.807, 2.05) is 206 Å².